The maximum Gasteiger partial charge on any atom is 0.182 e. The smallest absolute Gasteiger partial charge is 0.182 e. The van der Waals surface area contributed by atoms with E-state index in [1.54, 1.807) is 0 Å². The highest BCUT2D eigenvalue weighted by molar-refractivity contribution is 5.65. The lowest BCUT2D eigenvalue weighted by Gasteiger charge is -2.25. The molecule has 0 aliphatic carbocycles. The van der Waals surface area contributed by atoms with Gasteiger partial charge in [0.25, 0.3) is 0 Å². The second-order valence-electron chi connectivity index (χ2n) is 11.9. The number of rotatable bonds is 3. The summed E-state index contributed by atoms with van der Waals surface area (Å²) in [5, 5.41) is 13.1. The molecule has 0 saturated carbocycles. The first kappa shape index (κ1) is 28.7. The Morgan fingerprint density at radius 2 is 1.55 bits per heavy atom. The highest BCUT2D eigenvalue weighted by Gasteiger charge is 2.21. The number of hydrogen-bond donors (Lipinski definition) is 0. The fraction of sp³-hybridized carbons (Fsp3) is 0.559. The van der Waals surface area contributed by atoms with Gasteiger partial charge in [-0.05, 0) is 123 Å². The topological polar surface area (TPSA) is 50.1 Å². The van der Waals surface area contributed by atoms with Crippen molar-refractivity contribution < 1.29 is 0 Å². The van der Waals surface area contributed by atoms with Crippen LogP contribution in [0.4, 0.5) is 0 Å². The second kappa shape index (κ2) is 14.2. The van der Waals surface area contributed by atoms with E-state index < -0.39 is 0 Å². The lowest BCUT2D eigenvalue weighted by molar-refractivity contribution is 0.235. The van der Waals surface area contributed by atoms with E-state index in [-0.39, 0.29) is 0 Å². The molecule has 2 aliphatic rings. The lowest BCUT2D eigenvalue weighted by Crippen LogP contribution is -2.33. The molecule has 40 heavy (non-hydrogen) atoms. The van der Waals surface area contributed by atoms with Crippen LogP contribution in [-0.2, 0) is 12.8 Å². The Bertz CT molecular complexity index is 1230. The second-order valence-corrected chi connectivity index (χ2v) is 11.9. The Labute approximate surface area is 241 Å². The zero-order valence-corrected chi connectivity index (χ0v) is 24.8. The summed E-state index contributed by atoms with van der Waals surface area (Å²) in [5.74, 6) is 0.890. The molecule has 214 valence electrons. The van der Waals surface area contributed by atoms with Crippen LogP contribution in [0, 0.1) is 6.92 Å². The van der Waals surface area contributed by atoms with Crippen molar-refractivity contribution in [2.45, 2.75) is 84.1 Å². The van der Waals surface area contributed by atoms with E-state index in [1.165, 1.54) is 86.1 Å². The van der Waals surface area contributed by atoms with Gasteiger partial charge in [0.2, 0.25) is 0 Å². The summed E-state index contributed by atoms with van der Waals surface area (Å²) >= 11 is 0. The van der Waals surface area contributed by atoms with Gasteiger partial charge in [0.15, 0.2) is 5.82 Å². The summed E-state index contributed by atoms with van der Waals surface area (Å²) in [5.41, 5.74) is 8.22. The molecule has 3 aromatic rings. The van der Waals surface area contributed by atoms with E-state index >= 15 is 0 Å². The van der Waals surface area contributed by atoms with E-state index in [2.05, 4.69) is 92.9 Å². The maximum atomic E-state index is 4.54. The third-order valence-corrected chi connectivity index (χ3v) is 9.09. The van der Waals surface area contributed by atoms with Gasteiger partial charge in [-0.1, -0.05) is 62.4 Å². The molecule has 3 unspecified atom stereocenters. The van der Waals surface area contributed by atoms with Crippen molar-refractivity contribution in [2.75, 3.05) is 39.3 Å². The summed E-state index contributed by atoms with van der Waals surface area (Å²) in [7, 11) is 0. The zero-order chi connectivity index (χ0) is 27.7. The fourth-order valence-corrected chi connectivity index (χ4v) is 6.75. The number of aromatic nitrogens is 4. The summed E-state index contributed by atoms with van der Waals surface area (Å²) in [4.78, 5) is 5.36. The third-order valence-electron chi connectivity index (χ3n) is 9.09. The Kier molecular flexibility index (Phi) is 10.2. The molecule has 3 heterocycles. The Morgan fingerprint density at radius 1 is 0.800 bits per heavy atom. The fourth-order valence-electron chi connectivity index (χ4n) is 6.75. The van der Waals surface area contributed by atoms with Crippen molar-refractivity contribution in [2.24, 2.45) is 0 Å². The first-order valence-electron chi connectivity index (χ1n) is 15.7. The highest BCUT2D eigenvalue weighted by Crippen LogP contribution is 2.29. The largest absolute Gasteiger partial charge is 0.302 e. The van der Waals surface area contributed by atoms with Crippen molar-refractivity contribution in [3.05, 3.63) is 71.3 Å². The van der Waals surface area contributed by atoms with Crippen molar-refractivity contribution >= 4 is 5.57 Å². The number of tetrazole rings is 1. The SMILES string of the molecule is C=C1CCCCN2CCCN(CCC(n3nnnc3-c3ccccc3)CCCCc3cc1cc(C)c3CC)CC2. The van der Waals surface area contributed by atoms with Crippen LogP contribution in [-0.4, -0.2) is 69.3 Å². The number of hydrogen-bond acceptors (Lipinski definition) is 5. The number of allylic oxidation sites excluding steroid dienone is 1. The van der Waals surface area contributed by atoms with Crippen LogP contribution in [0.5, 0.6) is 0 Å². The number of benzene rings is 2. The molecule has 0 radical (unpaired) electrons. The van der Waals surface area contributed by atoms with E-state index in [4.69, 9.17) is 0 Å². The van der Waals surface area contributed by atoms with Crippen LogP contribution in [0.15, 0.2) is 49.0 Å². The quantitative estimate of drug-likeness (QED) is 0.367. The predicted molar refractivity (Wildman–Crippen MR) is 165 cm³/mol. The number of aryl methyl sites for hydroxylation is 2. The summed E-state index contributed by atoms with van der Waals surface area (Å²) < 4.78 is 2.12. The van der Waals surface area contributed by atoms with E-state index in [9.17, 15) is 0 Å². The predicted octanol–water partition coefficient (Wildman–Crippen LogP) is 6.76. The van der Waals surface area contributed by atoms with Crippen molar-refractivity contribution in [3.63, 3.8) is 0 Å². The Hall–Kier alpha value is -2.83. The van der Waals surface area contributed by atoms with Gasteiger partial charge in [-0.25, -0.2) is 4.68 Å². The summed E-state index contributed by atoms with van der Waals surface area (Å²) in [6, 6.07) is 15.6. The van der Waals surface area contributed by atoms with Crippen LogP contribution in [0.1, 0.15) is 86.6 Å². The standard InChI is InChI=1S/C34H48N6/c1-4-33-28(3)25-31-26-30(33)16-8-9-17-32(40-34(35-36-37-40)29-14-6-5-7-15-29)18-22-39-21-12-20-38(23-24-39)19-11-10-13-27(31)2/h5-7,14-15,25-26,32H,2,4,8-13,16-24H2,1,3H3. The molecule has 4 bridgehead atoms. The molecule has 0 N–H and O–H groups in total. The van der Waals surface area contributed by atoms with Gasteiger partial charge in [-0.3, -0.25) is 0 Å². The first-order valence-corrected chi connectivity index (χ1v) is 15.7. The lowest BCUT2D eigenvalue weighted by atomic mass is 9.90. The van der Waals surface area contributed by atoms with Crippen LogP contribution in [0.2, 0.25) is 0 Å². The van der Waals surface area contributed by atoms with Gasteiger partial charge >= 0.3 is 0 Å². The molecular formula is C34H48N6. The van der Waals surface area contributed by atoms with Gasteiger partial charge in [-0.2, -0.15) is 0 Å². The molecule has 3 atom stereocenters. The van der Waals surface area contributed by atoms with Crippen molar-refractivity contribution in [3.8, 4) is 11.4 Å². The van der Waals surface area contributed by atoms with Crippen molar-refractivity contribution in [1.29, 1.82) is 0 Å². The monoisotopic (exact) mass is 540 g/mol. The maximum absolute atomic E-state index is 4.54. The minimum atomic E-state index is 0.296. The Morgan fingerprint density at radius 3 is 2.35 bits per heavy atom. The van der Waals surface area contributed by atoms with E-state index in [1.807, 2.05) is 0 Å². The molecule has 1 saturated heterocycles. The summed E-state index contributed by atoms with van der Waals surface area (Å²) in [6.45, 7) is 16.1. The van der Waals surface area contributed by atoms with E-state index in [0.29, 0.717) is 6.04 Å². The van der Waals surface area contributed by atoms with Gasteiger partial charge in [0.1, 0.15) is 0 Å². The molecule has 0 amide bonds. The van der Waals surface area contributed by atoms with Crippen molar-refractivity contribution in [1.82, 2.24) is 30.0 Å². The zero-order valence-electron chi connectivity index (χ0n) is 24.8. The molecule has 6 nitrogen and oxygen atoms in total. The summed E-state index contributed by atoms with van der Waals surface area (Å²) in [6.07, 6.45) is 11.6. The molecule has 0 spiro atoms. The van der Waals surface area contributed by atoms with Crippen LogP contribution >= 0.6 is 0 Å². The van der Waals surface area contributed by atoms with Gasteiger partial charge in [0, 0.05) is 25.2 Å². The van der Waals surface area contributed by atoms with E-state index in [0.717, 1.165) is 56.6 Å². The van der Waals surface area contributed by atoms with Gasteiger partial charge in [-0.15, -0.1) is 5.10 Å². The van der Waals surface area contributed by atoms with Gasteiger partial charge < -0.3 is 9.80 Å². The number of fused-ring (bicyclic) bond motifs is 5. The molecule has 1 fully saturated rings. The molecule has 1 aromatic heterocycles. The molecule has 6 heteroatoms. The molecular weight excluding hydrogens is 492 g/mol. The van der Waals surface area contributed by atoms with Gasteiger partial charge in [0.05, 0.1) is 6.04 Å². The minimum Gasteiger partial charge on any atom is -0.302 e. The normalized spacial score (nSPS) is 23.6. The average molecular weight is 541 g/mol. The highest BCUT2D eigenvalue weighted by atomic mass is 15.5. The van der Waals surface area contributed by atoms with Crippen LogP contribution in [0.25, 0.3) is 17.0 Å². The van der Waals surface area contributed by atoms with Crippen LogP contribution in [0.3, 0.4) is 0 Å². The first-order chi connectivity index (χ1) is 19.6. The minimum absolute atomic E-state index is 0.296. The molecule has 5 rings (SSSR count). The average Bonchev–Trinajstić information content (AvgIpc) is 3.35. The van der Waals surface area contributed by atoms with Crippen LogP contribution < -0.4 is 0 Å². The molecule has 2 aliphatic heterocycles. The third kappa shape index (κ3) is 7.27. The number of nitrogens with zero attached hydrogens (tertiary/aromatic N) is 6. The Balaban J connectivity index is 1.38. The molecule has 2 aromatic carbocycles.